The molecule has 0 radical (unpaired) electrons. The molecule has 6 aromatic carbocycles. The Balaban J connectivity index is 0.000000159. The lowest BCUT2D eigenvalue weighted by Gasteiger charge is -2.38. The molecule has 10 rings (SSSR count). The third-order valence-electron chi connectivity index (χ3n) is 13.8. The highest BCUT2D eigenvalue weighted by molar-refractivity contribution is 7.35. The van der Waals surface area contributed by atoms with Crippen molar-refractivity contribution in [3.8, 4) is 0 Å². The predicted molar refractivity (Wildman–Crippen MR) is 282 cm³/mol. The molecule has 6 aromatic rings. The number of hydrogen-bond acceptors (Lipinski definition) is 11. The average molecular weight is 1010 g/mol. The number of rotatable bonds is 12. The molecule has 11 nitrogen and oxygen atoms in total. The van der Waals surface area contributed by atoms with E-state index in [1.807, 2.05) is 69.3 Å². The topological polar surface area (TPSA) is 135 Å². The number of aliphatic hydroxyl groups excluding tert-OH is 3. The molecule has 382 valence electrons. The predicted octanol–water partition coefficient (Wildman–Crippen LogP) is 9.75. The summed E-state index contributed by atoms with van der Waals surface area (Å²) in [6.45, 7) is 15.9. The van der Waals surface area contributed by atoms with Gasteiger partial charge >= 0.3 is 0 Å². The number of aliphatic hydroxyl groups is 3. The van der Waals surface area contributed by atoms with E-state index in [9.17, 15) is 15.3 Å². The molecule has 7 atom stereocenters. The van der Waals surface area contributed by atoms with E-state index >= 15 is 0 Å². The number of ether oxygens (including phenoxy) is 8. The minimum Gasteiger partial charge on any atom is -0.393 e. The monoisotopic (exact) mass is 1010 g/mol. The molecular formula is C58H73ClO11Si. The van der Waals surface area contributed by atoms with Crippen LogP contribution < -0.4 is 10.4 Å². The van der Waals surface area contributed by atoms with Crippen LogP contribution >= 0.6 is 11.1 Å². The number of halogens is 1. The van der Waals surface area contributed by atoms with E-state index in [4.69, 9.17) is 49.0 Å². The van der Waals surface area contributed by atoms with Crippen molar-refractivity contribution in [3.05, 3.63) is 157 Å². The summed E-state index contributed by atoms with van der Waals surface area (Å²) in [6.07, 6.45) is -2.47. The highest BCUT2D eigenvalue weighted by atomic mass is 35.6. The van der Waals surface area contributed by atoms with Crippen LogP contribution in [0.2, 0.25) is 5.04 Å². The first-order valence-corrected chi connectivity index (χ1v) is 27.3. The Morgan fingerprint density at radius 2 is 0.873 bits per heavy atom. The van der Waals surface area contributed by atoms with Gasteiger partial charge in [-0.05, 0) is 94.3 Å². The van der Waals surface area contributed by atoms with Gasteiger partial charge in [0.25, 0.3) is 0 Å². The Morgan fingerprint density at radius 3 is 1.25 bits per heavy atom. The van der Waals surface area contributed by atoms with Crippen molar-refractivity contribution in [3.63, 3.8) is 0 Å². The van der Waals surface area contributed by atoms with Gasteiger partial charge in [0, 0.05) is 0 Å². The van der Waals surface area contributed by atoms with Crippen molar-refractivity contribution in [1.82, 2.24) is 0 Å². The van der Waals surface area contributed by atoms with Crippen molar-refractivity contribution in [2.24, 2.45) is 0 Å². The van der Waals surface area contributed by atoms with E-state index in [-0.39, 0.29) is 38.4 Å². The molecule has 4 saturated heterocycles. The fourth-order valence-corrected chi connectivity index (χ4v) is 14.1. The van der Waals surface area contributed by atoms with E-state index in [1.165, 1.54) is 21.1 Å². The van der Waals surface area contributed by atoms with Gasteiger partial charge in [-0.25, -0.2) is 0 Å². The maximum absolute atomic E-state index is 9.99. The summed E-state index contributed by atoms with van der Waals surface area (Å²) in [6, 6.07) is 49.8. The molecule has 4 heterocycles. The van der Waals surface area contributed by atoms with Crippen LogP contribution in [-0.4, -0.2) is 102 Å². The second kappa shape index (κ2) is 22.2. The summed E-state index contributed by atoms with van der Waals surface area (Å²) in [5.74, 6) is -1.51. The van der Waals surface area contributed by atoms with Gasteiger partial charge in [-0.15, -0.1) is 0 Å². The third kappa shape index (κ3) is 11.5. The van der Waals surface area contributed by atoms with Crippen molar-refractivity contribution < 1.29 is 53.2 Å². The van der Waals surface area contributed by atoms with E-state index in [0.29, 0.717) is 19.6 Å². The summed E-state index contributed by atoms with van der Waals surface area (Å²) in [7, 11) is -2.23. The van der Waals surface area contributed by atoms with Crippen LogP contribution in [0.25, 0.3) is 21.5 Å². The molecule has 0 saturated carbocycles. The molecule has 0 aliphatic carbocycles. The third-order valence-corrected chi connectivity index (χ3v) is 21.1. The fourth-order valence-electron chi connectivity index (χ4n) is 10.0. The van der Waals surface area contributed by atoms with Gasteiger partial charge in [-0.1, -0.05) is 169 Å². The van der Waals surface area contributed by atoms with Gasteiger partial charge in [0.05, 0.1) is 33.0 Å². The zero-order chi connectivity index (χ0) is 50.0. The molecule has 0 aromatic heterocycles. The van der Waals surface area contributed by atoms with Crippen LogP contribution in [0.15, 0.2) is 146 Å². The second-order valence-corrected chi connectivity index (χ2v) is 26.3. The van der Waals surface area contributed by atoms with Gasteiger partial charge in [0.2, 0.25) is 7.38 Å². The number of fused-ring (bicyclic) bond motifs is 4. The van der Waals surface area contributed by atoms with E-state index < -0.39 is 61.1 Å². The molecule has 0 unspecified atom stereocenters. The molecule has 0 bridgehead atoms. The minimum atomic E-state index is -2.23. The van der Waals surface area contributed by atoms with Crippen molar-refractivity contribution in [1.29, 1.82) is 0 Å². The summed E-state index contributed by atoms with van der Waals surface area (Å²) in [5.41, 5.74) is 0.0223. The van der Waals surface area contributed by atoms with Gasteiger partial charge in [-0.2, -0.15) is 11.1 Å². The summed E-state index contributed by atoms with van der Waals surface area (Å²) < 4.78 is 47.7. The van der Waals surface area contributed by atoms with Gasteiger partial charge in [0.15, 0.2) is 24.2 Å². The van der Waals surface area contributed by atoms with E-state index in [1.54, 1.807) is 13.8 Å². The first-order valence-electron chi connectivity index (χ1n) is 24.3. The molecule has 71 heavy (non-hydrogen) atoms. The lowest BCUT2D eigenvalue weighted by Crippen LogP contribution is -2.59. The lowest BCUT2D eigenvalue weighted by atomic mass is 9.93. The van der Waals surface area contributed by atoms with E-state index in [0.717, 1.165) is 21.9 Å². The molecule has 4 aliphatic heterocycles. The maximum Gasteiger partial charge on any atom is 0.222 e. The van der Waals surface area contributed by atoms with Gasteiger partial charge in [-0.3, -0.25) is 0 Å². The van der Waals surface area contributed by atoms with Crippen LogP contribution in [0.4, 0.5) is 0 Å². The Hall–Kier alpha value is -4.09. The van der Waals surface area contributed by atoms with Crippen LogP contribution in [0.1, 0.15) is 80.4 Å². The maximum atomic E-state index is 9.99. The largest absolute Gasteiger partial charge is 0.393 e. The molecular weight excluding hydrogens is 936 g/mol. The van der Waals surface area contributed by atoms with Crippen LogP contribution in [0.3, 0.4) is 0 Å². The SMILES string of the molecule is C.CC(C)(C)[Si](Cl)(c1ccccc1)c1ccccc1.CC1(C)O[C@H]2OC(CO)(CO)[C@@H](OCc3ccc4ccccc4c3)[C@H]2O1.CC[C@@]1(CO)O[C@@H]2OC(C)(C)O[C@@H]2[C@@H]1OCc1ccc2ccccc2c1. The molecule has 4 aliphatic rings. The second-order valence-electron chi connectivity index (χ2n) is 20.6. The molecule has 3 N–H and O–H groups in total. The molecule has 13 heteroatoms. The summed E-state index contributed by atoms with van der Waals surface area (Å²) >= 11 is 7.21. The quantitative estimate of drug-likeness (QED) is 0.0800. The summed E-state index contributed by atoms with van der Waals surface area (Å²) in [5, 5.41) is 37.0. The first kappa shape index (κ1) is 54.7. The Morgan fingerprint density at radius 1 is 0.507 bits per heavy atom. The van der Waals surface area contributed by atoms with Crippen LogP contribution in [0.5, 0.6) is 0 Å². The Labute approximate surface area is 425 Å². The van der Waals surface area contributed by atoms with Crippen LogP contribution in [0, 0.1) is 0 Å². The minimum absolute atomic E-state index is 0. The van der Waals surface area contributed by atoms with Gasteiger partial charge in [0.1, 0.15) is 35.6 Å². The standard InChI is InChI=1S/C21H26O5.C20H24O6.C16H19ClSi.CH4/c1-4-21(13-22)18(17-19(26-21)25-20(2,3)24-17)23-12-14-9-10-15-7-5-6-8-16(15)11-14;1-19(2)24-16-17(20(11-21,12-22)26-18(16)25-19)23-10-13-7-8-14-5-3-4-6-15(14)9-13;1-16(2,3)18(17,14-10-6-4-7-11-14)15-12-8-5-9-13-15;/h5-11,17-19,22H,4,12-13H2,1-3H3;3-9,16-18,21-22H,10-12H2,1-2H3;4-13H,1-3H3;1H4/t17-,18+,19+,21+;16-,17+,18+;;/m11../s1. The smallest absolute Gasteiger partial charge is 0.222 e. The highest BCUT2D eigenvalue weighted by Crippen LogP contribution is 2.46. The molecule has 4 fully saturated rings. The van der Waals surface area contributed by atoms with Crippen molar-refractivity contribution in [2.45, 2.75) is 147 Å². The first-order chi connectivity index (χ1) is 33.4. The lowest BCUT2D eigenvalue weighted by molar-refractivity contribution is -0.258. The van der Waals surface area contributed by atoms with E-state index in [2.05, 4.69) is 118 Å². The van der Waals surface area contributed by atoms with Crippen molar-refractivity contribution >= 4 is 50.4 Å². The number of hydrogen-bond donors (Lipinski definition) is 3. The zero-order valence-corrected chi connectivity index (χ0v) is 43.3. The zero-order valence-electron chi connectivity index (χ0n) is 41.5. The van der Waals surface area contributed by atoms with Crippen LogP contribution in [-0.2, 0) is 51.1 Å². The van der Waals surface area contributed by atoms with Gasteiger partial charge < -0.3 is 53.2 Å². The molecule has 0 spiro atoms. The highest BCUT2D eigenvalue weighted by Gasteiger charge is 2.63. The average Bonchev–Trinajstić information content (AvgIpc) is 4.03. The fraction of sp³-hybridized carbons (Fsp3) is 0.448. The summed E-state index contributed by atoms with van der Waals surface area (Å²) in [4.78, 5) is 0. The Kier molecular flexibility index (Phi) is 17.1. The van der Waals surface area contributed by atoms with Crippen molar-refractivity contribution in [2.75, 3.05) is 19.8 Å². The Bertz CT molecular complexity index is 2480. The molecule has 0 amide bonds. The normalized spacial score (nSPS) is 25.9. The number of benzene rings is 6.